The minimum Gasteiger partial charge on any atom is -0.481 e. The van der Waals surface area contributed by atoms with Crippen LogP contribution >= 0.6 is 0 Å². The molecule has 0 aromatic heterocycles. The molecule has 0 saturated carbocycles. The second kappa shape index (κ2) is 7.63. The van der Waals surface area contributed by atoms with Gasteiger partial charge in [-0.25, -0.2) is 0 Å². The van der Waals surface area contributed by atoms with Gasteiger partial charge in [-0.1, -0.05) is 6.92 Å². The summed E-state index contributed by atoms with van der Waals surface area (Å²) < 4.78 is 5.73. The van der Waals surface area contributed by atoms with Gasteiger partial charge >= 0.3 is 5.97 Å². The van der Waals surface area contributed by atoms with Gasteiger partial charge in [0.15, 0.2) is 0 Å². The van der Waals surface area contributed by atoms with E-state index in [4.69, 9.17) is 9.84 Å². The highest BCUT2D eigenvalue weighted by Crippen LogP contribution is 2.14. The first kappa shape index (κ1) is 13.5. The lowest BCUT2D eigenvalue weighted by atomic mass is 10.1. The first-order valence-corrected chi connectivity index (χ1v) is 6.28. The summed E-state index contributed by atoms with van der Waals surface area (Å²) >= 11 is 0. The topological polar surface area (TPSA) is 49.8 Å². The molecule has 1 N–H and O–H groups in total. The molecule has 1 aliphatic heterocycles. The standard InChI is InChI=1S/C12H23NO3/c1-2-9-16-11-5-3-7-13(10-11)8-4-6-12(14)15/h11H,2-10H2,1H3,(H,14,15). The molecule has 1 fully saturated rings. The minimum absolute atomic E-state index is 0.275. The van der Waals surface area contributed by atoms with Crippen molar-refractivity contribution in [2.45, 2.75) is 45.1 Å². The highest BCUT2D eigenvalue weighted by Gasteiger charge is 2.19. The van der Waals surface area contributed by atoms with Crippen LogP contribution in [-0.4, -0.2) is 48.3 Å². The van der Waals surface area contributed by atoms with Crippen molar-refractivity contribution in [1.82, 2.24) is 4.90 Å². The van der Waals surface area contributed by atoms with E-state index in [9.17, 15) is 4.79 Å². The number of rotatable bonds is 7. The molecule has 4 nitrogen and oxygen atoms in total. The number of carbonyl (C=O) groups is 1. The van der Waals surface area contributed by atoms with E-state index in [0.29, 0.717) is 6.10 Å². The third kappa shape index (κ3) is 5.47. The lowest BCUT2D eigenvalue weighted by molar-refractivity contribution is -0.137. The summed E-state index contributed by atoms with van der Waals surface area (Å²) in [4.78, 5) is 12.7. The summed E-state index contributed by atoms with van der Waals surface area (Å²) in [7, 11) is 0. The Morgan fingerprint density at radius 3 is 3.06 bits per heavy atom. The highest BCUT2D eigenvalue weighted by molar-refractivity contribution is 5.66. The normalized spacial score (nSPS) is 22.2. The molecule has 1 saturated heterocycles. The molecule has 0 aromatic rings. The van der Waals surface area contributed by atoms with Gasteiger partial charge in [-0.3, -0.25) is 4.79 Å². The van der Waals surface area contributed by atoms with Crippen LogP contribution in [0.4, 0.5) is 0 Å². The van der Waals surface area contributed by atoms with Crippen molar-refractivity contribution in [2.24, 2.45) is 0 Å². The minimum atomic E-state index is -0.698. The molecule has 0 amide bonds. The fourth-order valence-electron chi connectivity index (χ4n) is 2.09. The Kier molecular flexibility index (Phi) is 6.42. The van der Waals surface area contributed by atoms with E-state index < -0.39 is 5.97 Å². The quantitative estimate of drug-likeness (QED) is 0.722. The van der Waals surface area contributed by atoms with Gasteiger partial charge in [0, 0.05) is 19.6 Å². The van der Waals surface area contributed by atoms with Crippen molar-refractivity contribution in [3.05, 3.63) is 0 Å². The average molecular weight is 229 g/mol. The molecule has 0 radical (unpaired) electrons. The van der Waals surface area contributed by atoms with Crippen LogP contribution in [-0.2, 0) is 9.53 Å². The number of hydrogen-bond acceptors (Lipinski definition) is 3. The summed E-state index contributed by atoms with van der Waals surface area (Å²) in [5, 5.41) is 8.57. The van der Waals surface area contributed by atoms with E-state index in [1.807, 2.05) is 0 Å². The summed E-state index contributed by atoms with van der Waals surface area (Å²) in [5.41, 5.74) is 0. The Balaban J connectivity index is 2.14. The summed E-state index contributed by atoms with van der Waals surface area (Å²) in [5.74, 6) is -0.698. The van der Waals surface area contributed by atoms with E-state index in [2.05, 4.69) is 11.8 Å². The maximum Gasteiger partial charge on any atom is 0.303 e. The molecule has 0 spiro atoms. The van der Waals surface area contributed by atoms with Crippen molar-refractivity contribution in [1.29, 1.82) is 0 Å². The number of hydrogen-bond donors (Lipinski definition) is 1. The van der Waals surface area contributed by atoms with E-state index in [0.717, 1.165) is 45.5 Å². The Labute approximate surface area is 97.6 Å². The largest absolute Gasteiger partial charge is 0.481 e. The van der Waals surface area contributed by atoms with Gasteiger partial charge in [0.25, 0.3) is 0 Å². The molecular formula is C12H23NO3. The lowest BCUT2D eigenvalue weighted by Gasteiger charge is -2.32. The summed E-state index contributed by atoms with van der Waals surface area (Å²) in [6, 6.07) is 0. The van der Waals surface area contributed by atoms with Crippen LogP contribution in [0.2, 0.25) is 0 Å². The third-order valence-corrected chi connectivity index (χ3v) is 2.88. The number of aliphatic carboxylic acids is 1. The lowest BCUT2D eigenvalue weighted by Crippen LogP contribution is -2.40. The first-order chi connectivity index (χ1) is 7.72. The van der Waals surface area contributed by atoms with E-state index in [1.54, 1.807) is 0 Å². The van der Waals surface area contributed by atoms with Gasteiger partial charge in [-0.2, -0.15) is 0 Å². The second-order valence-electron chi connectivity index (χ2n) is 4.43. The maximum atomic E-state index is 10.4. The zero-order chi connectivity index (χ0) is 11.8. The number of piperidine rings is 1. The maximum absolute atomic E-state index is 10.4. The van der Waals surface area contributed by atoms with Crippen LogP contribution in [0.5, 0.6) is 0 Å². The predicted molar refractivity (Wildman–Crippen MR) is 62.6 cm³/mol. The van der Waals surface area contributed by atoms with Gasteiger partial charge in [0.05, 0.1) is 6.10 Å². The molecule has 1 heterocycles. The van der Waals surface area contributed by atoms with Gasteiger partial charge in [0.2, 0.25) is 0 Å². The van der Waals surface area contributed by atoms with E-state index >= 15 is 0 Å². The number of carboxylic acids is 1. The van der Waals surface area contributed by atoms with Crippen LogP contribution in [0.25, 0.3) is 0 Å². The van der Waals surface area contributed by atoms with Crippen LogP contribution < -0.4 is 0 Å². The Morgan fingerprint density at radius 1 is 1.56 bits per heavy atom. The number of nitrogens with zero attached hydrogens (tertiary/aromatic N) is 1. The second-order valence-corrected chi connectivity index (χ2v) is 4.43. The van der Waals surface area contributed by atoms with Crippen molar-refractivity contribution in [3.8, 4) is 0 Å². The molecule has 4 heteroatoms. The van der Waals surface area contributed by atoms with Crippen molar-refractivity contribution >= 4 is 5.97 Å². The van der Waals surface area contributed by atoms with Gasteiger partial charge in [-0.05, 0) is 38.8 Å². The Hall–Kier alpha value is -0.610. The highest BCUT2D eigenvalue weighted by atomic mass is 16.5. The van der Waals surface area contributed by atoms with Crippen LogP contribution in [0.3, 0.4) is 0 Å². The van der Waals surface area contributed by atoms with Gasteiger partial charge in [0.1, 0.15) is 0 Å². The zero-order valence-corrected chi connectivity index (χ0v) is 10.2. The fourth-order valence-corrected chi connectivity index (χ4v) is 2.09. The zero-order valence-electron chi connectivity index (χ0n) is 10.2. The SMILES string of the molecule is CCCOC1CCCN(CCCC(=O)O)C1. The molecule has 1 rings (SSSR count). The molecule has 1 atom stereocenters. The smallest absolute Gasteiger partial charge is 0.303 e. The molecule has 94 valence electrons. The third-order valence-electron chi connectivity index (χ3n) is 2.88. The van der Waals surface area contributed by atoms with Gasteiger partial charge in [-0.15, -0.1) is 0 Å². The molecule has 16 heavy (non-hydrogen) atoms. The monoisotopic (exact) mass is 229 g/mol. The molecular weight excluding hydrogens is 206 g/mol. The molecule has 0 aliphatic carbocycles. The molecule has 0 bridgehead atoms. The fraction of sp³-hybridized carbons (Fsp3) is 0.917. The summed E-state index contributed by atoms with van der Waals surface area (Å²) in [6.45, 7) is 5.91. The number of carboxylic acid groups (broad SMARTS) is 1. The molecule has 1 aliphatic rings. The summed E-state index contributed by atoms with van der Waals surface area (Å²) in [6.07, 6.45) is 4.76. The Bertz CT molecular complexity index is 208. The van der Waals surface area contributed by atoms with E-state index in [1.165, 1.54) is 6.42 Å². The molecule has 0 aromatic carbocycles. The van der Waals surface area contributed by atoms with E-state index in [-0.39, 0.29) is 6.42 Å². The van der Waals surface area contributed by atoms with Gasteiger partial charge < -0.3 is 14.7 Å². The number of ether oxygens (including phenoxy) is 1. The van der Waals surface area contributed by atoms with Crippen molar-refractivity contribution in [2.75, 3.05) is 26.2 Å². The first-order valence-electron chi connectivity index (χ1n) is 6.28. The van der Waals surface area contributed by atoms with Crippen molar-refractivity contribution < 1.29 is 14.6 Å². The van der Waals surface area contributed by atoms with Crippen LogP contribution in [0, 0.1) is 0 Å². The van der Waals surface area contributed by atoms with Crippen LogP contribution in [0.15, 0.2) is 0 Å². The van der Waals surface area contributed by atoms with Crippen molar-refractivity contribution in [3.63, 3.8) is 0 Å². The average Bonchev–Trinajstić information content (AvgIpc) is 2.26. The number of likely N-dealkylation sites (tertiary alicyclic amines) is 1. The molecule has 1 unspecified atom stereocenters. The predicted octanol–water partition coefficient (Wildman–Crippen LogP) is 1.74. The Morgan fingerprint density at radius 2 is 2.38 bits per heavy atom. The van der Waals surface area contributed by atoms with Crippen LogP contribution in [0.1, 0.15) is 39.0 Å².